The number of nitrogens with zero attached hydrogens (tertiary/aromatic N) is 1. The molecular formula is C30H30Cl2N2O6S3. The minimum atomic E-state index is -0.765. The van der Waals surface area contributed by atoms with Crippen molar-refractivity contribution in [1.82, 2.24) is 10.2 Å². The van der Waals surface area contributed by atoms with Crippen LogP contribution in [0.25, 0.3) is 6.08 Å². The molecular weight excluding hydrogens is 651 g/mol. The third kappa shape index (κ3) is 7.57. The fraction of sp³-hybridized carbons (Fsp3) is 0.333. The van der Waals surface area contributed by atoms with E-state index in [9.17, 15) is 19.2 Å². The Morgan fingerprint density at radius 1 is 1.05 bits per heavy atom. The molecule has 8 nitrogen and oxygen atoms in total. The summed E-state index contributed by atoms with van der Waals surface area (Å²) in [7, 11) is 2.57. The molecule has 0 aliphatic carbocycles. The van der Waals surface area contributed by atoms with Gasteiger partial charge in [0, 0.05) is 32.4 Å². The first-order valence-corrected chi connectivity index (χ1v) is 16.9. The Morgan fingerprint density at radius 2 is 1.74 bits per heavy atom. The van der Waals surface area contributed by atoms with E-state index in [1.54, 1.807) is 23.9 Å². The molecule has 0 spiro atoms. The molecule has 2 aliphatic rings. The van der Waals surface area contributed by atoms with Crippen LogP contribution in [0, 0.1) is 20.8 Å². The van der Waals surface area contributed by atoms with Gasteiger partial charge in [0.05, 0.1) is 25.0 Å². The highest BCUT2D eigenvalue weighted by molar-refractivity contribution is 8.01. The Morgan fingerprint density at radius 3 is 2.40 bits per heavy atom. The Labute approximate surface area is 273 Å². The highest BCUT2D eigenvalue weighted by atomic mass is 35.5. The van der Waals surface area contributed by atoms with E-state index in [2.05, 4.69) is 43.0 Å². The second-order valence-corrected chi connectivity index (χ2v) is 13.8. The van der Waals surface area contributed by atoms with Crippen LogP contribution in [-0.4, -0.2) is 71.5 Å². The fourth-order valence-electron chi connectivity index (χ4n) is 4.50. The molecule has 2 aromatic carbocycles. The number of ether oxygens (including phenoxy) is 2. The van der Waals surface area contributed by atoms with Gasteiger partial charge in [0.2, 0.25) is 5.91 Å². The van der Waals surface area contributed by atoms with Crippen LogP contribution >= 0.6 is 58.5 Å². The van der Waals surface area contributed by atoms with Gasteiger partial charge in [0.25, 0.3) is 5.91 Å². The monoisotopic (exact) mass is 680 g/mol. The summed E-state index contributed by atoms with van der Waals surface area (Å²) in [6.07, 6.45) is 2.72. The van der Waals surface area contributed by atoms with Crippen LogP contribution in [0.5, 0.6) is 0 Å². The normalized spacial score (nSPS) is 17.9. The number of nitrogens with one attached hydrogen (secondary N) is 1. The van der Waals surface area contributed by atoms with Gasteiger partial charge in [-0.25, -0.2) is 9.59 Å². The summed E-state index contributed by atoms with van der Waals surface area (Å²) in [6.45, 7) is 6.24. The van der Waals surface area contributed by atoms with Crippen molar-refractivity contribution < 1.29 is 28.7 Å². The second-order valence-electron chi connectivity index (χ2n) is 9.82. The fourth-order valence-corrected chi connectivity index (χ4v) is 8.47. The molecule has 2 amide bonds. The van der Waals surface area contributed by atoms with E-state index in [0.717, 1.165) is 10.5 Å². The van der Waals surface area contributed by atoms with Crippen molar-refractivity contribution in [3.05, 3.63) is 73.9 Å². The topological polar surface area (TPSA) is 102 Å². The first-order valence-electron chi connectivity index (χ1n) is 13.1. The van der Waals surface area contributed by atoms with Gasteiger partial charge < -0.3 is 14.8 Å². The predicted octanol–water partition coefficient (Wildman–Crippen LogP) is 5.82. The first kappa shape index (κ1) is 33.3. The minimum absolute atomic E-state index is 0.00840. The number of hydrogen-bond donors (Lipinski definition) is 1. The summed E-state index contributed by atoms with van der Waals surface area (Å²) in [5, 5.41) is 3.09. The number of carbonyl (C=O) groups excluding carboxylic acids is 4. The van der Waals surface area contributed by atoms with E-state index >= 15 is 0 Å². The summed E-state index contributed by atoms with van der Waals surface area (Å²) >= 11 is 17.0. The zero-order chi connectivity index (χ0) is 31.4. The molecule has 2 aliphatic heterocycles. The summed E-state index contributed by atoms with van der Waals surface area (Å²) in [6, 6.07) is 6.69. The molecule has 1 saturated heterocycles. The van der Waals surface area contributed by atoms with Gasteiger partial charge in [0.1, 0.15) is 17.1 Å². The lowest BCUT2D eigenvalue weighted by Crippen LogP contribution is -2.70. The van der Waals surface area contributed by atoms with Crippen LogP contribution in [0.2, 0.25) is 10.0 Å². The Kier molecular flexibility index (Phi) is 11.2. The van der Waals surface area contributed by atoms with Crippen LogP contribution in [0.15, 0.2) is 51.4 Å². The maximum absolute atomic E-state index is 13.2. The quantitative estimate of drug-likeness (QED) is 0.144. The number of esters is 2. The lowest BCUT2D eigenvalue weighted by Gasteiger charge is -2.49. The number of fused-ring (bicyclic) bond motifs is 1. The number of hydrogen-bond acceptors (Lipinski definition) is 9. The maximum atomic E-state index is 13.2. The summed E-state index contributed by atoms with van der Waals surface area (Å²) in [5.74, 6) is -0.762. The van der Waals surface area contributed by atoms with Gasteiger partial charge in [-0.3, -0.25) is 14.5 Å². The number of aryl methyl sites for hydroxylation is 2. The Bertz CT molecular complexity index is 1520. The third-order valence-electron chi connectivity index (χ3n) is 7.07. The molecule has 1 N–H and O–H groups in total. The number of amides is 2. The molecule has 1 fully saturated rings. The number of thioether (sulfide) groups is 3. The Balaban J connectivity index is 1.39. The van der Waals surface area contributed by atoms with Crippen molar-refractivity contribution in [2.45, 2.75) is 42.0 Å². The molecule has 0 saturated carbocycles. The van der Waals surface area contributed by atoms with Gasteiger partial charge in [-0.2, -0.15) is 0 Å². The Hall–Kier alpha value is -2.57. The predicted molar refractivity (Wildman–Crippen MR) is 174 cm³/mol. The van der Waals surface area contributed by atoms with E-state index in [0.29, 0.717) is 32.0 Å². The zero-order valence-electron chi connectivity index (χ0n) is 24.1. The van der Waals surface area contributed by atoms with Crippen molar-refractivity contribution in [2.24, 2.45) is 0 Å². The van der Waals surface area contributed by atoms with Gasteiger partial charge in [-0.15, -0.1) is 35.3 Å². The van der Waals surface area contributed by atoms with Gasteiger partial charge in [-0.1, -0.05) is 23.2 Å². The minimum Gasteiger partial charge on any atom is -0.466 e. The molecule has 0 aromatic heterocycles. The van der Waals surface area contributed by atoms with E-state index < -0.39 is 23.4 Å². The van der Waals surface area contributed by atoms with E-state index in [-0.39, 0.29) is 23.3 Å². The van der Waals surface area contributed by atoms with Crippen LogP contribution in [0.3, 0.4) is 0 Å². The maximum Gasteiger partial charge on any atom is 0.354 e. The average molecular weight is 682 g/mol. The first-order chi connectivity index (χ1) is 20.4. The van der Waals surface area contributed by atoms with E-state index in [1.165, 1.54) is 71.5 Å². The molecule has 228 valence electrons. The van der Waals surface area contributed by atoms with Crippen LogP contribution in [0.1, 0.15) is 22.3 Å². The molecule has 0 bridgehead atoms. The molecule has 43 heavy (non-hydrogen) atoms. The summed E-state index contributed by atoms with van der Waals surface area (Å²) < 4.78 is 9.62. The van der Waals surface area contributed by atoms with Crippen molar-refractivity contribution in [1.29, 1.82) is 0 Å². The third-order valence-corrected chi connectivity index (χ3v) is 11.3. The molecule has 13 heteroatoms. The van der Waals surface area contributed by atoms with E-state index in [4.69, 9.17) is 27.9 Å². The highest BCUT2D eigenvalue weighted by Crippen LogP contribution is 2.42. The second kappa shape index (κ2) is 14.5. The van der Waals surface area contributed by atoms with Gasteiger partial charge >= 0.3 is 11.9 Å². The molecule has 0 radical (unpaired) electrons. The SMILES string of the molecule is COC(=O)/C=C/c1cc(Cl)c(SCC(=O)NC2C(=O)N3C(C(=O)OC)=C(CSc4cc(C)c(C)c(C)c4)CSC23)cc1Cl. The van der Waals surface area contributed by atoms with Crippen molar-refractivity contribution >= 4 is 88.3 Å². The molecule has 2 heterocycles. The zero-order valence-corrected chi connectivity index (χ0v) is 28.1. The number of β-lactam (4-membered cyclic amide) rings is 1. The summed E-state index contributed by atoms with van der Waals surface area (Å²) in [5.41, 5.74) is 5.25. The largest absolute Gasteiger partial charge is 0.466 e. The number of benzene rings is 2. The van der Waals surface area contributed by atoms with Crippen LogP contribution in [0.4, 0.5) is 0 Å². The van der Waals surface area contributed by atoms with Crippen molar-refractivity contribution in [3.63, 3.8) is 0 Å². The number of methoxy groups -OCH3 is 2. The average Bonchev–Trinajstić information content (AvgIpc) is 2.99. The number of halogens is 2. The highest BCUT2D eigenvalue weighted by Gasteiger charge is 2.54. The lowest BCUT2D eigenvalue weighted by atomic mass is 10.0. The molecule has 4 rings (SSSR count). The molecule has 2 atom stereocenters. The van der Waals surface area contributed by atoms with Crippen LogP contribution in [-0.2, 0) is 28.7 Å². The summed E-state index contributed by atoms with van der Waals surface area (Å²) in [4.78, 5) is 53.3. The van der Waals surface area contributed by atoms with Gasteiger partial charge in [0.15, 0.2) is 0 Å². The molecule has 2 unspecified atom stereocenters. The smallest absolute Gasteiger partial charge is 0.354 e. The van der Waals surface area contributed by atoms with E-state index in [1.807, 2.05) is 0 Å². The number of carbonyl (C=O) groups is 4. The van der Waals surface area contributed by atoms with Gasteiger partial charge in [-0.05, 0) is 78.9 Å². The number of rotatable bonds is 10. The lowest BCUT2D eigenvalue weighted by molar-refractivity contribution is -0.151. The van der Waals surface area contributed by atoms with Crippen molar-refractivity contribution in [2.75, 3.05) is 31.5 Å². The standard InChI is InChI=1S/C30H30Cl2N2O6S3/c1-15-8-20(9-16(2)17(15)3)41-12-19-13-43-29-26(28(37)34(29)27(19)30(38)40-5)33-24(35)14-42-23-11-21(31)18(10-22(23)32)6-7-25(36)39-4/h6-11,26,29H,12-14H2,1-5H3,(H,33,35)/b7-6+. The molecule has 2 aromatic rings. The van der Waals surface area contributed by atoms with Crippen LogP contribution < -0.4 is 5.32 Å². The van der Waals surface area contributed by atoms with Crippen molar-refractivity contribution in [3.8, 4) is 0 Å².